The van der Waals surface area contributed by atoms with E-state index in [1.165, 1.54) is 6.07 Å². The zero-order chi connectivity index (χ0) is 12.1. The number of aryl methyl sites for hydroxylation is 1. The highest BCUT2D eigenvalue weighted by molar-refractivity contribution is 5.97. The molecule has 4 heteroatoms. The van der Waals surface area contributed by atoms with Gasteiger partial charge in [-0.25, -0.2) is 0 Å². The van der Waals surface area contributed by atoms with Crippen LogP contribution in [0.3, 0.4) is 0 Å². The van der Waals surface area contributed by atoms with Crippen LogP contribution < -0.4 is 5.32 Å². The largest absolute Gasteiger partial charge is 0.507 e. The van der Waals surface area contributed by atoms with Gasteiger partial charge in [0, 0.05) is 0 Å². The molecule has 2 N–H and O–H groups in total. The minimum atomic E-state index is -0.520. The molecule has 0 bridgehead atoms. The topological polar surface area (TPSA) is 73.1 Å². The van der Waals surface area contributed by atoms with Gasteiger partial charge in [0.05, 0.1) is 11.6 Å². The maximum Gasteiger partial charge on any atom is 0.256 e. The molecule has 1 atom stereocenters. The highest BCUT2D eigenvalue weighted by atomic mass is 16.3. The second-order valence-corrected chi connectivity index (χ2v) is 3.58. The van der Waals surface area contributed by atoms with E-state index in [1.807, 2.05) is 19.9 Å². The van der Waals surface area contributed by atoms with Crippen LogP contribution in [-0.4, -0.2) is 17.1 Å². The Kier molecular flexibility index (Phi) is 3.90. The predicted molar refractivity (Wildman–Crippen MR) is 60.0 cm³/mol. The average Bonchev–Trinajstić information content (AvgIpc) is 2.25. The summed E-state index contributed by atoms with van der Waals surface area (Å²) in [7, 11) is 0. The molecular weight excluding hydrogens is 204 g/mol. The monoisotopic (exact) mass is 218 g/mol. The summed E-state index contributed by atoms with van der Waals surface area (Å²) in [5.41, 5.74) is 1.07. The van der Waals surface area contributed by atoms with Crippen LogP contribution in [0.25, 0.3) is 0 Å². The third-order valence-corrected chi connectivity index (χ3v) is 2.27. The highest BCUT2D eigenvalue weighted by Crippen LogP contribution is 2.18. The number of carbonyl (C=O) groups excluding carboxylic acids is 1. The number of nitrogens with one attached hydrogen (secondary N) is 1. The second kappa shape index (κ2) is 5.17. The van der Waals surface area contributed by atoms with Gasteiger partial charge in [0.25, 0.3) is 5.91 Å². The van der Waals surface area contributed by atoms with E-state index >= 15 is 0 Å². The number of hydrogen-bond donors (Lipinski definition) is 2. The molecule has 0 aliphatic rings. The third kappa shape index (κ3) is 2.74. The predicted octanol–water partition coefficient (Wildman–Crippen LogP) is 1.73. The Morgan fingerprint density at radius 3 is 2.81 bits per heavy atom. The van der Waals surface area contributed by atoms with Crippen LogP contribution in [0.15, 0.2) is 18.2 Å². The molecule has 1 rings (SSSR count). The number of carbonyl (C=O) groups is 1. The Labute approximate surface area is 94.5 Å². The molecule has 1 unspecified atom stereocenters. The number of aromatic hydroxyl groups is 1. The van der Waals surface area contributed by atoms with Gasteiger partial charge in [-0.3, -0.25) is 4.79 Å². The van der Waals surface area contributed by atoms with Crippen LogP contribution >= 0.6 is 0 Å². The van der Waals surface area contributed by atoms with Gasteiger partial charge in [-0.2, -0.15) is 5.26 Å². The molecule has 0 heterocycles. The number of amides is 1. The van der Waals surface area contributed by atoms with Crippen molar-refractivity contribution in [1.29, 1.82) is 5.26 Å². The van der Waals surface area contributed by atoms with E-state index in [2.05, 4.69) is 5.32 Å². The summed E-state index contributed by atoms with van der Waals surface area (Å²) in [6.45, 7) is 3.63. The van der Waals surface area contributed by atoms with Crippen molar-refractivity contribution >= 4 is 5.91 Å². The normalized spacial score (nSPS) is 11.6. The number of nitriles is 1. The summed E-state index contributed by atoms with van der Waals surface area (Å²) in [6, 6.07) is 6.25. The number of benzene rings is 1. The van der Waals surface area contributed by atoms with Crippen LogP contribution in [0.4, 0.5) is 0 Å². The molecule has 0 saturated carbocycles. The van der Waals surface area contributed by atoms with E-state index in [-0.39, 0.29) is 11.3 Å². The molecule has 1 aromatic rings. The summed E-state index contributed by atoms with van der Waals surface area (Å²) >= 11 is 0. The van der Waals surface area contributed by atoms with Crippen molar-refractivity contribution in [2.75, 3.05) is 0 Å². The fourth-order valence-corrected chi connectivity index (χ4v) is 1.30. The SMILES string of the molecule is CCC(C#N)NC(=O)c1ccc(C)cc1O. The zero-order valence-corrected chi connectivity index (χ0v) is 9.32. The van der Waals surface area contributed by atoms with Gasteiger partial charge < -0.3 is 10.4 Å². The summed E-state index contributed by atoms with van der Waals surface area (Å²) in [5, 5.41) is 20.8. The first-order valence-electron chi connectivity index (χ1n) is 5.08. The van der Waals surface area contributed by atoms with Gasteiger partial charge in [0.1, 0.15) is 11.8 Å². The molecule has 0 spiro atoms. The van der Waals surface area contributed by atoms with Gasteiger partial charge in [-0.1, -0.05) is 13.0 Å². The Balaban J connectivity index is 2.85. The summed E-state index contributed by atoms with van der Waals surface area (Å²) in [4.78, 5) is 11.7. The minimum Gasteiger partial charge on any atom is -0.507 e. The van der Waals surface area contributed by atoms with Crippen molar-refractivity contribution in [3.63, 3.8) is 0 Å². The van der Waals surface area contributed by atoms with Crippen molar-refractivity contribution in [1.82, 2.24) is 5.32 Å². The fraction of sp³-hybridized carbons (Fsp3) is 0.333. The molecular formula is C12H14N2O2. The molecule has 0 aliphatic carbocycles. The van der Waals surface area contributed by atoms with Crippen molar-refractivity contribution in [2.45, 2.75) is 26.3 Å². The lowest BCUT2D eigenvalue weighted by atomic mass is 10.1. The van der Waals surface area contributed by atoms with Crippen molar-refractivity contribution in [3.8, 4) is 11.8 Å². The summed E-state index contributed by atoms with van der Waals surface area (Å²) in [5.74, 6) is -0.490. The molecule has 0 radical (unpaired) electrons. The number of nitrogens with zero attached hydrogens (tertiary/aromatic N) is 1. The quantitative estimate of drug-likeness (QED) is 0.811. The second-order valence-electron chi connectivity index (χ2n) is 3.58. The van der Waals surface area contributed by atoms with Crippen LogP contribution in [0.2, 0.25) is 0 Å². The molecule has 1 amide bonds. The van der Waals surface area contributed by atoms with E-state index in [0.717, 1.165) is 5.56 Å². The van der Waals surface area contributed by atoms with Crippen LogP contribution in [0.5, 0.6) is 5.75 Å². The molecule has 0 aromatic heterocycles. The lowest BCUT2D eigenvalue weighted by Gasteiger charge is -2.10. The maximum absolute atomic E-state index is 11.7. The van der Waals surface area contributed by atoms with Crippen molar-refractivity contribution in [2.24, 2.45) is 0 Å². The average molecular weight is 218 g/mol. The van der Waals surface area contributed by atoms with Crippen LogP contribution in [0, 0.1) is 18.3 Å². The summed E-state index contributed by atoms with van der Waals surface area (Å²) < 4.78 is 0. The first-order valence-corrected chi connectivity index (χ1v) is 5.08. The number of hydrogen-bond acceptors (Lipinski definition) is 3. The molecule has 84 valence electrons. The Hall–Kier alpha value is -2.02. The van der Waals surface area contributed by atoms with Gasteiger partial charge in [-0.15, -0.1) is 0 Å². The molecule has 4 nitrogen and oxygen atoms in total. The third-order valence-electron chi connectivity index (χ3n) is 2.27. The van der Waals surface area contributed by atoms with Gasteiger partial charge in [0.2, 0.25) is 0 Å². The van der Waals surface area contributed by atoms with Gasteiger partial charge >= 0.3 is 0 Å². The van der Waals surface area contributed by atoms with Crippen molar-refractivity contribution < 1.29 is 9.90 Å². The van der Waals surface area contributed by atoms with Gasteiger partial charge in [0.15, 0.2) is 0 Å². The standard InChI is InChI=1S/C12H14N2O2/c1-3-9(7-13)14-12(16)10-5-4-8(2)6-11(10)15/h4-6,9,15H,3H2,1-2H3,(H,14,16). The van der Waals surface area contributed by atoms with E-state index in [9.17, 15) is 9.90 Å². The highest BCUT2D eigenvalue weighted by Gasteiger charge is 2.14. The molecule has 0 saturated heterocycles. The molecule has 0 aliphatic heterocycles. The zero-order valence-electron chi connectivity index (χ0n) is 9.32. The van der Waals surface area contributed by atoms with Crippen molar-refractivity contribution in [3.05, 3.63) is 29.3 Å². The van der Waals surface area contributed by atoms with Crippen LogP contribution in [-0.2, 0) is 0 Å². The Morgan fingerprint density at radius 1 is 1.62 bits per heavy atom. The lowest BCUT2D eigenvalue weighted by Crippen LogP contribution is -2.33. The number of phenolic OH excluding ortho intramolecular Hbond substituents is 1. The molecule has 1 aromatic carbocycles. The number of phenols is 1. The van der Waals surface area contributed by atoms with Gasteiger partial charge in [-0.05, 0) is 31.0 Å². The lowest BCUT2D eigenvalue weighted by molar-refractivity contribution is 0.0942. The smallest absolute Gasteiger partial charge is 0.256 e. The fourth-order valence-electron chi connectivity index (χ4n) is 1.30. The maximum atomic E-state index is 11.7. The Morgan fingerprint density at radius 2 is 2.31 bits per heavy atom. The van der Waals surface area contributed by atoms with E-state index < -0.39 is 11.9 Å². The first kappa shape index (κ1) is 12.1. The minimum absolute atomic E-state index is 0.0645. The van der Waals surface area contributed by atoms with Crippen LogP contribution in [0.1, 0.15) is 29.3 Å². The number of rotatable bonds is 3. The first-order chi connectivity index (χ1) is 7.58. The summed E-state index contributed by atoms with van der Waals surface area (Å²) in [6.07, 6.45) is 0.537. The van der Waals surface area contributed by atoms with E-state index in [0.29, 0.717) is 6.42 Å². The van der Waals surface area contributed by atoms with E-state index in [4.69, 9.17) is 5.26 Å². The molecule has 0 fully saturated rings. The van der Waals surface area contributed by atoms with E-state index in [1.54, 1.807) is 12.1 Å². The molecule has 16 heavy (non-hydrogen) atoms. The Bertz CT molecular complexity index is 435.